The fourth-order valence-electron chi connectivity index (χ4n) is 3.17. The topological polar surface area (TPSA) is 57.1 Å². The van der Waals surface area contributed by atoms with Crippen molar-refractivity contribution in [3.05, 3.63) is 28.8 Å². The van der Waals surface area contributed by atoms with Crippen LogP contribution in [0, 0.1) is 19.8 Å². The quantitative estimate of drug-likeness (QED) is 0.387. The number of phenols is 1. The Morgan fingerprint density at radius 2 is 2.00 bits per heavy atom. The number of phenolic OH excluding ortho intramolecular Hbond substituents is 1. The molecule has 0 spiro atoms. The summed E-state index contributed by atoms with van der Waals surface area (Å²) in [5.41, 5.74) is 2.94. The number of hydrogen-bond donors (Lipinski definition) is 2. The lowest BCUT2D eigenvalue weighted by Gasteiger charge is -2.21. The number of guanidine groups is 1. The molecule has 142 valence electrons. The molecule has 6 heteroatoms. The van der Waals surface area contributed by atoms with Gasteiger partial charge in [0, 0.05) is 32.2 Å². The van der Waals surface area contributed by atoms with Gasteiger partial charge in [0.15, 0.2) is 5.96 Å². The second-order valence-corrected chi connectivity index (χ2v) is 6.51. The van der Waals surface area contributed by atoms with E-state index in [4.69, 9.17) is 9.73 Å². The van der Waals surface area contributed by atoms with Crippen molar-refractivity contribution in [2.45, 2.75) is 40.7 Å². The minimum atomic E-state index is 0. The molecular weight excluding hydrogens is 429 g/mol. The van der Waals surface area contributed by atoms with E-state index in [1.807, 2.05) is 32.9 Å². The zero-order valence-electron chi connectivity index (χ0n) is 15.8. The monoisotopic (exact) mass is 461 g/mol. The van der Waals surface area contributed by atoms with Crippen LogP contribution in [0.3, 0.4) is 0 Å². The lowest BCUT2D eigenvalue weighted by atomic mass is 10.1. The number of likely N-dealkylation sites (tertiary alicyclic amines) is 1. The zero-order valence-corrected chi connectivity index (χ0v) is 18.2. The van der Waals surface area contributed by atoms with E-state index in [0.29, 0.717) is 18.2 Å². The first-order chi connectivity index (χ1) is 11.5. The highest BCUT2D eigenvalue weighted by atomic mass is 127. The van der Waals surface area contributed by atoms with Crippen LogP contribution in [-0.4, -0.2) is 48.8 Å². The van der Waals surface area contributed by atoms with E-state index in [1.165, 1.54) is 0 Å². The number of nitrogens with one attached hydrogen (secondary N) is 1. The molecule has 1 fully saturated rings. The van der Waals surface area contributed by atoms with E-state index in [0.717, 1.165) is 61.9 Å². The van der Waals surface area contributed by atoms with Crippen molar-refractivity contribution in [1.82, 2.24) is 10.2 Å². The molecule has 1 aromatic carbocycles. The summed E-state index contributed by atoms with van der Waals surface area (Å²) in [6.07, 6.45) is 1.15. The van der Waals surface area contributed by atoms with Crippen molar-refractivity contribution in [2.24, 2.45) is 10.9 Å². The third-order valence-corrected chi connectivity index (χ3v) is 4.44. The van der Waals surface area contributed by atoms with E-state index in [2.05, 4.69) is 17.1 Å². The average Bonchev–Trinajstić information content (AvgIpc) is 3.03. The number of aliphatic imine (C=N–C) groups is 1. The molecule has 0 saturated carbocycles. The van der Waals surface area contributed by atoms with Gasteiger partial charge in [-0.1, -0.05) is 12.1 Å². The summed E-state index contributed by atoms with van der Waals surface area (Å²) in [6.45, 7) is 13.1. The number of rotatable bonds is 6. The molecule has 0 aromatic heterocycles. The molecule has 1 aliphatic heterocycles. The molecule has 2 N–H and O–H groups in total. The smallest absolute Gasteiger partial charge is 0.194 e. The van der Waals surface area contributed by atoms with E-state index in [-0.39, 0.29) is 24.0 Å². The Balaban J connectivity index is 0.00000312. The number of aromatic hydroxyl groups is 1. The predicted octanol–water partition coefficient (Wildman–Crippen LogP) is 3.45. The van der Waals surface area contributed by atoms with E-state index in [1.54, 1.807) is 0 Å². The van der Waals surface area contributed by atoms with Gasteiger partial charge in [-0.15, -0.1) is 24.0 Å². The lowest BCUT2D eigenvalue weighted by Crippen LogP contribution is -2.40. The van der Waals surface area contributed by atoms with Crippen LogP contribution < -0.4 is 5.32 Å². The zero-order chi connectivity index (χ0) is 17.5. The molecular formula is C19H32IN3O2. The van der Waals surface area contributed by atoms with Gasteiger partial charge in [-0.05, 0) is 50.8 Å². The molecule has 1 saturated heterocycles. The third kappa shape index (κ3) is 6.33. The Morgan fingerprint density at radius 3 is 2.60 bits per heavy atom. The van der Waals surface area contributed by atoms with Crippen LogP contribution >= 0.6 is 24.0 Å². The maximum atomic E-state index is 9.90. The fraction of sp³-hybridized carbons (Fsp3) is 0.632. The summed E-state index contributed by atoms with van der Waals surface area (Å²) in [5.74, 6) is 1.94. The first-order valence-electron chi connectivity index (χ1n) is 8.95. The summed E-state index contributed by atoms with van der Waals surface area (Å²) < 4.78 is 5.56. The summed E-state index contributed by atoms with van der Waals surface area (Å²) >= 11 is 0. The maximum Gasteiger partial charge on any atom is 0.194 e. The Kier molecular flexibility index (Phi) is 9.56. The van der Waals surface area contributed by atoms with Gasteiger partial charge in [-0.25, -0.2) is 4.99 Å². The van der Waals surface area contributed by atoms with E-state index in [9.17, 15) is 5.11 Å². The van der Waals surface area contributed by atoms with Crippen molar-refractivity contribution in [3.63, 3.8) is 0 Å². The first kappa shape index (κ1) is 22.0. The second kappa shape index (κ2) is 10.9. The van der Waals surface area contributed by atoms with Gasteiger partial charge in [0.25, 0.3) is 0 Å². The summed E-state index contributed by atoms with van der Waals surface area (Å²) in [5, 5.41) is 13.3. The Bertz CT molecular complexity index is 555. The van der Waals surface area contributed by atoms with Gasteiger partial charge in [0.1, 0.15) is 5.75 Å². The molecule has 25 heavy (non-hydrogen) atoms. The number of benzene rings is 1. The molecule has 0 amide bonds. The third-order valence-electron chi connectivity index (χ3n) is 4.44. The first-order valence-corrected chi connectivity index (χ1v) is 8.95. The Labute approximate surface area is 168 Å². The largest absolute Gasteiger partial charge is 0.507 e. The summed E-state index contributed by atoms with van der Waals surface area (Å²) in [4.78, 5) is 7.13. The molecule has 1 aromatic rings. The van der Waals surface area contributed by atoms with Gasteiger partial charge in [-0.3, -0.25) is 0 Å². The van der Waals surface area contributed by atoms with Gasteiger partial charge in [-0.2, -0.15) is 0 Å². The fourth-order valence-corrected chi connectivity index (χ4v) is 3.17. The van der Waals surface area contributed by atoms with Crippen LogP contribution in [0.5, 0.6) is 5.75 Å². The molecule has 0 aliphatic carbocycles. The predicted molar refractivity (Wildman–Crippen MR) is 114 cm³/mol. The van der Waals surface area contributed by atoms with Gasteiger partial charge in [0.05, 0.1) is 13.2 Å². The standard InChI is InChI=1S/C19H31N3O2.HI/c1-5-20-19(22-8-7-16(12-22)13-24-6-2)21-11-17-9-14(3)18(23)15(4)10-17;/h9-10,16,23H,5-8,11-13H2,1-4H3,(H,20,21);1H. The van der Waals surface area contributed by atoms with Crippen molar-refractivity contribution in [1.29, 1.82) is 0 Å². The minimum Gasteiger partial charge on any atom is -0.507 e. The molecule has 2 rings (SSSR count). The van der Waals surface area contributed by atoms with Crippen LogP contribution in [-0.2, 0) is 11.3 Å². The number of ether oxygens (including phenoxy) is 1. The highest BCUT2D eigenvalue weighted by molar-refractivity contribution is 14.0. The molecule has 1 atom stereocenters. The molecule has 0 radical (unpaired) electrons. The molecule has 5 nitrogen and oxygen atoms in total. The summed E-state index contributed by atoms with van der Waals surface area (Å²) in [7, 11) is 0. The molecule has 1 heterocycles. The van der Waals surface area contributed by atoms with Gasteiger partial charge in [0.2, 0.25) is 0 Å². The Morgan fingerprint density at radius 1 is 1.32 bits per heavy atom. The molecule has 0 bridgehead atoms. The van der Waals surface area contributed by atoms with Crippen molar-refractivity contribution >= 4 is 29.9 Å². The van der Waals surface area contributed by atoms with Crippen LogP contribution in [0.2, 0.25) is 0 Å². The highest BCUT2D eigenvalue weighted by Crippen LogP contribution is 2.23. The number of halogens is 1. The minimum absolute atomic E-state index is 0. The number of hydrogen-bond acceptors (Lipinski definition) is 3. The van der Waals surface area contributed by atoms with Crippen molar-refractivity contribution in [3.8, 4) is 5.75 Å². The van der Waals surface area contributed by atoms with Crippen molar-refractivity contribution < 1.29 is 9.84 Å². The number of nitrogens with zero attached hydrogens (tertiary/aromatic N) is 2. The average molecular weight is 461 g/mol. The Hall–Kier alpha value is -1.02. The van der Waals surface area contributed by atoms with Crippen LogP contribution in [0.4, 0.5) is 0 Å². The van der Waals surface area contributed by atoms with Crippen molar-refractivity contribution in [2.75, 3.05) is 32.8 Å². The van der Waals surface area contributed by atoms with Crippen LogP contribution in [0.25, 0.3) is 0 Å². The van der Waals surface area contributed by atoms with Gasteiger partial charge < -0.3 is 20.1 Å². The van der Waals surface area contributed by atoms with E-state index < -0.39 is 0 Å². The van der Waals surface area contributed by atoms with E-state index >= 15 is 0 Å². The maximum absolute atomic E-state index is 9.90. The lowest BCUT2D eigenvalue weighted by molar-refractivity contribution is 0.114. The molecule has 1 unspecified atom stereocenters. The molecule has 1 aliphatic rings. The van der Waals surface area contributed by atoms with Crippen LogP contribution in [0.1, 0.15) is 37.0 Å². The van der Waals surface area contributed by atoms with Gasteiger partial charge >= 0.3 is 0 Å². The van der Waals surface area contributed by atoms with Crippen LogP contribution in [0.15, 0.2) is 17.1 Å². The normalized spacial score (nSPS) is 17.5. The number of aryl methyl sites for hydroxylation is 2. The SMILES string of the molecule is CCNC(=NCc1cc(C)c(O)c(C)c1)N1CCC(COCC)C1.I. The second-order valence-electron chi connectivity index (χ2n) is 6.51. The summed E-state index contributed by atoms with van der Waals surface area (Å²) in [6, 6.07) is 4.02. The highest BCUT2D eigenvalue weighted by Gasteiger charge is 2.24.